The zero-order chi connectivity index (χ0) is 27.9. The number of piperazine rings is 1. The molecular formula is C30H40N2O6. The zero-order valence-electron chi connectivity index (χ0n) is 23.3. The molecule has 206 valence electrons. The molecule has 1 aliphatic rings. The Morgan fingerprint density at radius 1 is 0.842 bits per heavy atom. The third-order valence-corrected chi connectivity index (χ3v) is 6.23. The van der Waals surface area contributed by atoms with Crippen molar-refractivity contribution in [1.29, 1.82) is 0 Å². The first-order valence-electron chi connectivity index (χ1n) is 13.1. The Balaban J connectivity index is 1.73. The standard InChI is InChI=1S/C30H40N2O6/c1-21(2)20-25(28(34)36-6)37-26(22-10-8-7-9-11-22)23-12-14-24(15-13-23)27(33)31-16-18-32(19-17-31)29(35)38-30(3,4)5/h7-15,21,25-26H,16-20H2,1-6H3. The van der Waals surface area contributed by atoms with Crippen molar-refractivity contribution in [2.24, 2.45) is 5.92 Å². The van der Waals surface area contributed by atoms with E-state index >= 15 is 0 Å². The van der Waals surface area contributed by atoms with Gasteiger partial charge in [0, 0.05) is 31.7 Å². The van der Waals surface area contributed by atoms with Gasteiger partial charge in [0.25, 0.3) is 5.91 Å². The van der Waals surface area contributed by atoms with Gasteiger partial charge in [-0.05, 0) is 56.4 Å². The molecule has 1 aliphatic heterocycles. The number of amides is 2. The highest BCUT2D eigenvalue weighted by Crippen LogP contribution is 2.30. The van der Waals surface area contributed by atoms with Crippen LogP contribution in [0.5, 0.6) is 0 Å². The van der Waals surface area contributed by atoms with Crippen LogP contribution in [-0.2, 0) is 19.0 Å². The predicted molar refractivity (Wildman–Crippen MR) is 145 cm³/mol. The van der Waals surface area contributed by atoms with Crippen molar-refractivity contribution in [3.05, 3.63) is 71.3 Å². The van der Waals surface area contributed by atoms with Gasteiger partial charge in [0.2, 0.25) is 0 Å². The van der Waals surface area contributed by atoms with Crippen LogP contribution in [0, 0.1) is 5.92 Å². The average Bonchev–Trinajstić information content (AvgIpc) is 2.89. The smallest absolute Gasteiger partial charge is 0.410 e. The molecule has 0 aromatic heterocycles. The molecule has 2 atom stereocenters. The molecule has 2 aromatic rings. The van der Waals surface area contributed by atoms with Gasteiger partial charge in [-0.3, -0.25) is 4.79 Å². The lowest BCUT2D eigenvalue weighted by Gasteiger charge is -2.35. The fourth-order valence-corrected chi connectivity index (χ4v) is 4.31. The number of hydrogen-bond donors (Lipinski definition) is 0. The summed E-state index contributed by atoms with van der Waals surface area (Å²) in [4.78, 5) is 41.4. The van der Waals surface area contributed by atoms with Crippen LogP contribution in [0.3, 0.4) is 0 Å². The van der Waals surface area contributed by atoms with Crippen LogP contribution in [0.25, 0.3) is 0 Å². The molecule has 1 fully saturated rings. The van der Waals surface area contributed by atoms with Crippen LogP contribution in [-0.4, -0.2) is 72.8 Å². The highest BCUT2D eigenvalue weighted by Gasteiger charge is 2.29. The van der Waals surface area contributed by atoms with E-state index in [0.717, 1.165) is 11.1 Å². The van der Waals surface area contributed by atoms with Crippen LogP contribution >= 0.6 is 0 Å². The number of hydrogen-bond acceptors (Lipinski definition) is 6. The topological polar surface area (TPSA) is 85.4 Å². The lowest BCUT2D eigenvalue weighted by atomic mass is 9.98. The second-order valence-electron chi connectivity index (χ2n) is 10.9. The van der Waals surface area contributed by atoms with Crippen molar-refractivity contribution in [3.63, 3.8) is 0 Å². The minimum Gasteiger partial charge on any atom is -0.467 e. The molecule has 1 saturated heterocycles. The molecule has 0 radical (unpaired) electrons. The number of rotatable bonds is 8. The summed E-state index contributed by atoms with van der Waals surface area (Å²) in [5.41, 5.74) is 1.74. The van der Waals surface area contributed by atoms with Gasteiger partial charge in [0.1, 0.15) is 11.7 Å². The summed E-state index contributed by atoms with van der Waals surface area (Å²) in [5.74, 6) is -0.256. The molecule has 38 heavy (non-hydrogen) atoms. The molecule has 0 bridgehead atoms. The van der Waals surface area contributed by atoms with Crippen molar-refractivity contribution in [2.75, 3.05) is 33.3 Å². The molecule has 0 saturated carbocycles. The Bertz CT molecular complexity index is 1070. The summed E-state index contributed by atoms with van der Waals surface area (Å²) in [6, 6.07) is 17.0. The first-order chi connectivity index (χ1) is 18.0. The van der Waals surface area contributed by atoms with Gasteiger partial charge in [-0.15, -0.1) is 0 Å². The molecule has 8 heteroatoms. The van der Waals surface area contributed by atoms with Crippen molar-refractivity contribution in [1.82, 2.24) is 9.80 Å². The number of ether oxygens (including phenoxy) is 3. The third-order valence-electron chi connectivity index (χ3n) is 6.23. The van der Waals surface area contributed by atoms with Gasteiger partial charge in [-0.25, -0.2) is 9.59 Å². The summed E-state index contributed by atoms with van der Waals surface area (Å²) in [5, 5.41) is 0. The van der Waals surface area contributed by atoms with Crippen LogP contribution in [0.2, 0.25) is 0 Å². The maximum absolute atomic E-state index is 13.2. The highest BCUT2D eigenvalue weighted by molar-refractivity contribution is 5.94. The van der Waals surface area contributed by atoms with Crippen molar-refractivity contribution in [2.45, 2.75) is 58.8 Å². The number of benzene rings is 2. The van der Waals surface area contributed by atoms with Gasteiger partial charge in [0.15, 0.2) is 6.10 Å². The van der Waals surface area contributed by atoms with Crippen LogP contribution < -0.4 is 0 Å². The Labute approximate surface area is 225 Å². The largest absolute Gasteiger partial charge is 0.467 e. The van der Waals surface area contributed by atoms with E-state index in [1.807, 2.05) is 77.1 Å². The van der Waals surface area contributed by atoms with E-state index < -0.39 is 23.8 Å². The molecule has 1 heterocycles. The van der Waals surface area contributed by atoms with Crippen LogP contribution in [0.15, 0.2) is 54.6 Å². The van der Waals surface area contributed by atoms with E-state index in [0.29, 0.717) is 38.2 Å². The molecule has 0 aliphatic carbocycles. The van der Waals surface area contributed by atoms with E-state index in [-0.39, 0.29) is 17.9 Å². The molecular weight excluding hydrogens is 484 g/mol. The molecule has 8 nitrogen and oxygen atoms in total. The summed E-state index contributed by atoms with van der Waals surface area (Å²) < 4.78 is 16.8. The number of carbonyl (C=O) groups is 3. The maximum atomic E-state index is 13.2. The van der Waals surface area contributed by atoms with Crippen molar-refractivity contribution in [3.8, 4) is 0 Å². The minimum absolute atomic E-state index is 0.0928. The van der Waals surface area contributed by atoms with E-state index in [1.165, 1.54) is 7.11 Å². The first kappa shape index (κ1) is 29.2. The monoisotopic (exact) mass is 524 g/mol. The molecule has 3 rings (SSSR count). The quantitative estimate of drug-likeness (QED) is 0.448. The number of carbonyl (C=O) groups excluding carboxylic acids is 3. The summed E-state index contributed by atoms with van der Waals surface area (Å²) in [6.45, 7) is 11.3. The lowest BCUT2D eigenvalue weighted by Crippen LogP contribution is -2.51. The Hall–Kier alpha value is -3.39. The Morgan fingerprint density at radius 3 is 1.92 bits per heavy atom. The van der Waals surface area contributed by atoms with E-state index in [2.05, 4.69) is 0 Å². The summed E-state index contributed by atoms with van der Waals surface area (Å²) in [6.07, 6.45) is -1.04. The normalized spacial score (nSPS) is 15.7. The summed E-state index contributed by atoms with van der Waals surface area (Å²) >= 11 is 0. The minimum atomic E-state index is -0.715. The maximum Gasteiger partial charge on any atom is 0.410 e. The van der Waals surface area contributed by atoms with E-state index in [1.54, 1.807) is 21.9 Å². The van der Waals surface area contributed by atoms with Gasteiger partial charge in [-0.1, -0.05) is 56.3 Å². The van der Waals surface area contributed by atoms with Crippen LogP contribution in [0.1, 0.15) is 68.6 Å². The number of esters is 1. The predicted octanol–water partition coefficient (Wildman–Crippen LogP) is 5.07. The second-order valence-corrected chi connectivity index (χ2v) is 10.9. The lowest BCUT2D eigenvalue weighted by molar-refractivity contribution is -0.158. The molecule has 2 amide bonds. The number of methoxy groups -OCH3 is 1. The van der Waals surface area contributed by atoms with Gasteiger partial charge in [0.05, 0.1) is 7.11 Å². The average molecular weight is 525 g/mol. The van der Waals surface area contributed by atoms with E-state index in [4.69, 9.17) is 14.2 Å². The zero-order valence-corrected chi connectivity index (χ0v) is 23.3. The molecule has 0 N–H and O–H groups in total. The fourth-order valence-electron chi connectivity index (χ4n) is 4.31. The molecule has 0 spiro atoms. The van der Waals surface area contributed by atoms with Crippen molar-refractivity contribution < 1.29 is 28.6 Å². The van der Waals surface area contributed by atoms with Gasteiger partial charge >= 0.3 is 12.1 Å². The molecule has 2 unspecified atom stereocenters. The second kappa shape index (κ2) is 12.9. The SMILES string of the molecule is COC(=O)C(CC(C)C)OC(c1ccccc1)c1ccc(C(=O)N2CCN(C(=O)OC(C)(C)C)CC2)cc1. The fraction of sp³-hybridized carbons (Fsp3) is 0.500. The Kier molecular flexibility index (Phi) is 9.91. The third kappa shape index (κ3) is 8.05. The molecule has 2 aromatic carbocycles. The van der Waals surface area contributed by atoms with Gasteiger partial charge in [-0.2, -0.15) is 0 Å². The Morgan fingerprint density at radius 2 is 1.39 bits per heavy atom. The van der Waals surface area contributed by atoms with Crippen molar-refractivity contribution >= 4 is 18.0 Å². The number of nitrogens with zero attached hydrogens (tertiary/aromatic N) is 2. The summed E-state index contributed by atoms with van der Waals surface area (Å²) in [7, 11) is 1.37. The van der Waals surface area contributed by atoms with E-state index in [9.17, 15) is 14.4 Å². The first-order valence-corrected chi connectivity index (χ1v) is 13.1. The highest BCUT2D eigenvalue weighted by atomic mass is 16.6. The van der Waals surface area contributed by atoms with Crippen LogP contribution in [0.4, 0.5) is 4.79 Å². The van der Waals surface area contributed by atoms with Gasteiger partial charge < -0.3 is 24.0 Å².